The maximum Gasteiger partial charge on any atom is 0.325 e. The highest BCUT2D eigenvalue weighted by Crippen LogP contribution is 2.24. The Balaban J connectivity index is 1.92. The topological polar surface area (TPSA) is 104 Å². The number of methoxy groups -OCH3 is 1. The highest BCUT2D eigenvalue weighted by Gasteiger charge is 2.11. The van der Waals surface area contributed by atoms with Gasteiger partial charge in [0, 0.05) is 17.0 Å². The summed E-state index contributed by atoms with van der Waals surface area (Å²) >= 11 is 2.25. The molecule has 0 saturated heterocycles. The van der Waals surface area contributed by atoms with E-state index >= 15 is 0 Å². The molecule has 3 aromatic rings. The van der Waals surface area contributed by atoms with E-state index in [1.807, 2.05) is 24.3 Å². The number of thiazole rings is 1. The smallest absolute Gasteiger partial charge is 0.325 e. The standard InChI is InChI=1S/C17H13N3O5S2/c1-25-16(22)10-19-12-4-2-3-5-13(12)27-17(19)18-14(21)8-6-11-7-9-15(26-11)20(23)24/h2-9H,10H2,1H3. The van der Waals surface area contributed by atoms with Gasteiger partial charge in [0.1, 0.15) is 6.54 Å². The minimum atomic E-state index is -0.531. The van der Waals surface area contributed by atoms with Crippen LogP contribution in [0.25, 0.3) is 16.3 Å². The Morgan fingerprint density at radius 3 is 2.74 bits per heavy atom. The van der Waals surface area contributed by atoms with Crippen molar-refractivity contribution in [2.45, 2.75) is 6.54 Å². The fourth-order valence-corrected chi connectivity index (χ4v) is 4.03. The number of thiophene rings is 1. The second-order valence-corrected chi connectivity index (χ2v) is 7.33. The van der Waals surface area contributed by atoms with Crippen LogP contribution in [0, 0.1) is 10.1 Å². The summed E-state index contributed by atoms with van der Waals surface area (Å²) in [6, 6.07) is 10.3. The van der Waals surface area contributed by atoms with Crippen molar-refractivity contribution in [3.8, 4) is 0 Å². The average Bonchev–Trinajstić information content (AvgIpc) is 3.25. The molecule has 0 aliphatic heterocycles. The summed E-state index contributed by atoms with van der Waals surface area (Å²) in [5.74, 6) is -0.981. The van der Waals surface area contributed by atoms with Crippen molar-refractivity contribution in [1.29, 1.82) is 0 Å². The largest absolute Gasteiger partial charge is 0.468 e. The van der Waals surface area contributed by atoms with Gasteiger partial charge in [0.2, 0.25) is 0 Å². The molecule has 2 aromatic heterocycles. The lowest BCUT2D eigenvalue weighted by Gasteiger charge is -2.02. The molecular formula is C17H13N3O5S2. The summed E-state index contributed by atoms with van der Waals surface area (Å²) in [4.78, 5) is 39.1. The third-order valence-electron chi connectivity index (χ3n) is 3.49. The normalized spacial score (nSPS) is 12.0. The molecule has 0 aliphatic carbocycles. The number of hydrogen-bond acceptors (Lipinski definition) is 7. The first-order valence-electron chi connectivity index (χ1n) is 7.64. The van der Waals surface area contributed by atoms with Crippen molar-refractivity contribution in [2.75, 3.05) is 7.11 Å². The molecule has 2 heterocycles. The summed E-state index contributed by atoms with van der Waals surface area (Å²) in [5.41, 5.74) is 0.775. The highest BCUT2D eigenvalue weighted by atomic mass is 32.1. The lowest BCUT2D eigenvalue weighted by Crippen LogP contribution is -2.22. The number of ether oxygens (including phenoxy) is 1. The second kappa shape index (κ2) is 8.06. The van der Waals surface area contributed by atoms with Crippen molar-refractivity contribution >= 4 is 55.8 Å². The van der Waals surface area contributed by atoms with Crippen molar-refractivity contribution in [3.05, 3.63) is 62.3 Å². The zero-order valence-corrected chi connectivity index (χ0v) is 15.7. The van der Waals surface area contributed by atoms with Gasteiger partial charge in [-0.05, 0) is 24.3 Å². The molecule has 10 heteroatoms. The molecule has 0 radical (unpaired) electrons. The van der Waals surface area contributed by atoms with E-state index in [9.17, 15) is 19.7 Å². The Kier molecular flexibility index (Phi) is 5.57. The summed E-state index contributed by atoms with van der Waals surface area (Å²) in [5, 5.41) is 10.7. The van der Waals surface area contributed by atoms with Crippen LogP contribution in [0.1, 0.15) is 4.88 Å². The molecule has 0 saturated carbocycles. The molecule has 138 valence electrons. The van der Waals surface area contributed by atoms with Gasteiger partial charge in [0.25, 0.3) is 5.91 Å². The number of nitro groups is 1. The van der Waals surface area contributed by atoms with Crippen LogP contribution in [0.4, 0.5) is 5.00 Å². The predicted molar refractivity (Wildman–Crippen MR) is 102 cm³/mol. The molecule has 0 unspecified atom stereocenters. The van der Waals surface area contributed by atoms with Crippen molar-refractivity contribution < 1.29 is 19.2 Å². The highest BCUT2D eigenvalue weighted by molar-refractivity contribution is 7.16. The van der Waals surface area contributed by atoms with Gasteiger partial charge in [-0.25, -0.2) is 0 Å². The quantitative estimate of drug-likeness (QED) is 0.282. The van der Waals surface area contributed by atoms with Gasteiger partial charge in [-0.2, -0.15) is 4.99 Å². The van der Waals surface area contributed by atoms with Crippen LogP contribution in [0.15, 0.2) is 47.5 Å². The Hall–Kier alpha value is -3.11. The number of esters is 1. The monoisotopic (exact) mass is 403 g/mol. The van der Waals surface area contributed by atoms with Crippen LogP contribution < -0.4 is 4.80 Å². The number of amides is 1. The number of carbonyl (C=O) groups excluding carboxylic acids is 2. The second-order valence-electron chi connectivity index (χ2n) is 5.23. The van der Waals surface area contributed by atoms with Crippen molar-refractivity contribution in [2.24, 2.45) is 4.99 Å². The maximum atomic E-state index is 12.2. The Morgan fingerprint density at radius 2 is 2.04 bits per heavy atom. The fourth-order valence-electron chi connectivity index (χ4n) is 2.27. The van der Waals surface area contributed by atoms with E-state index in [0.29, 0.717) is 9.68 Å². The van der Waals surface area contributed by atoms with E-state index in [4.69, 9.17) is 4.74 Å². The molecule has 1 aromatic carbocycles. The van der Waals surface area contributed by atoms with Gasteiger partial charge in [-0.15, -0.1) is 0 Å². The molecular weight excluding hydrogens is 390 g/mol. The van der Waals surface area contributed by atoms with Crippen LogP contribution in [-0.2, 0) is 20.9 Å². The van der Waals surface area contributed by atoms with Gasteiger partial charge in [-0.3, -0.25) is 19.7 Å². The molecule has 27 heavy (non-hydrogen) atoms. The molecule has 0 N–H and O–H groups in total. The fraction of sp³-hybridized carbons (Fsp3) is 0.118. The van der Waals surface area contributed by atoms with E-state index in [-0.39, 0.29) is 11.5 Å². The first-order chi connectivity index (χ1) is 13.0. The van der Waals surface area contributed by atoms with E-state index in [1.54, 1.807) is 10.6 Å². The minimum Gasteiger partial charge on any atom is -0.468 e. The molecule has 0 aliphatic rings. The van der Waals surface area contributed by atoms with Crippen LogP contribution in [0.5, 0.6) is 0 Å². The number of hydrogen-bond donors (Lipinski definition) is 0. The lowest BCUT2D eigenvalue weighted by molar-refractivity contribution is -0.380. The van der Waals surface area contributed by atoms with E-state index in [1.165, 1.54) is 36.7 Å². The summed E-state index contributed by atoms with van der Waals surface area (Å²) < 4.78 is 7.21. The first kappa shape index (κ1) is 18.7. The zero-order chi connectivity index (χ0) is 19.4. The lowest BCUT2D eigenvalue weighted by atomic mass is 10.3. The molecule has 8 nitrogen and oxygen atoms in total. The third kappa shape index (κ3) is 4.36. The summed E-state index contributed by atoms with van der Waals surface area (Å²) in [7, 11) is 1.29. The number of carbonyl (C=O) groups is 2. The molecule has 0 fully saturated rings. The number of benzene rings is 1. The molecule has 1 amide bonds. The third-order valence-corrected chi connectivity index (χ3v) is 5.55. The number of fused-ring (bicyclic) bond motifs is 1. The average molecular weight is 403 g/mol. The van der Waals surface area contributed by atoms with Gasteiger partial charge < -0.3 is 9.30 Å². The van der Waals surface area contributed by atoms with Gasteiger partial charge in [0.15, 0.2) is 4.80 Å². The zero-order valence-electron chi connectivity index (χ0n) is 14.0. The molecule has 0 atom stereocenters. The molecule has 3 rings (SSSR count). The van der Waals surface area contributed by atoms with Crippen LogP contribution in [0.3, 0.4) is 0 Å². The number of aromatic nitrogens is 1. The van der Waals surface area contributed by atoms with Gasteiger partial charge in [0.05, 0.1) is 22.2 Å². The first-order valence-corrected chi connectivity index (χ1v) is 9.27. The van der Waals surface area contributed by atoms with E-state index in [0.717, 1.165) is 21.6 Å². The number of nitrogens with zero attached hydrogens (tertiary/aromatic N) is 3. The number of rotatable bonds is 5. The van der Waals surface area contributed by atoms with Crippen LogP contribution >= 0.6 is 22.7 Å². The van der Waals surface area contributed by atoms with Gasteiger partial charge >= 0.3 is 11.0 Å². The summed E-state index contributed by atoms with van der Waals surface area (Å²) in [6.45, 7) is -0.0620. The number of para-hydroxylation sites is 1. The summed E-state index contributed by atoms with van der Waals surface area (Å²) in [6.07, 6.45) is 2.71. The van der Waals surface area contributed by atoms with Gasteiger partial charge in [-0.1, -0.05) is 34.8 Å². The predicted octanol–water partition coefficient (Wildman–Crippen LogP) is 2.99. The van der Waals surface area contributed by atoms with Crippen LogP contribution in [-0.4, -0.2) is 28.5 Å². The Morgan fingerprint density at radius 1 is 1.26 bits per heavy atom. The molecule has 0 spiro atoms. The van der Waals surface area contributed by atoms with Crippen molar-refractivity contribution in [3.63, 3.8) is 0 Å². The minimum absolute atomic E-state index is 0.000496. The Bertz CT molecular complexity index is 1120. The molecule has 0 bridgehead atoms. The van der Waals surface area contributed by atoms with Crippen molar-refractivity contribution in [1.82, 2.24) is 4.57 Å². The SMILES string of the molecule is COC(=O)Cn1c(=NC(=O)C=Cc2ccc([N+](=O)[O-])s2)sc2ccccc21. The van der Waals surface area contributed by atoms with E-state index < -0.39 is 16.8 Å². The maximum absolute atomic E-state index is 12.2. The van der Waals surface area contributed by atoms with Crippen LogP contribution in [0.2, 0.25) is 0 Å². The van der Waals surface area contributed by atoms with E-state index in [2.05, 4.69) is 4.99 Å². The Labute approximate surface area is 160 Å².